The summed E-state index contributed by atoms with van der Waals surface area (Å²) in [7, 11) is 1.37. The SMILES string of the molecule is CCOc1cccc(OCC(C)(C)C(=O)OC)c1. The van der Waals surface area contributed by atoms with Crippen molar-refractivity contribution in [2.75, 3.05) is 20.3 Å². The first-order valence-corrected chi connectivity index (χ1v) is 5.93. The summed E-state index contributed by atoms with van der Waals surface area (Å²) in [6.07, 6.45) is 0. The molecule has 0 spiro atoms. The molecule has 0 saturated heterocycles. The van der Waals surface area contributed by atoms with Crippen LogP contribution in [0.3, 0.4) is 0 Å². The highest BCUT2D eigenvalue weighted by Crippen LogP contribution is 2.23. The molecular weight excluding hydrogens is 232 g/mol. The highest BCUT2D eigenvalue weighted by atomic mass is 16.5. The summed E-state index contributed by atoms with van der Waals surface area (Å²) in [6.45, 7) is 6.36. The van der Waals surface area contributed by atoms with Crippen molar-refractivity contribution in [1.82, 2.24) is 0 Å². The highest BCUT2D eigenvalue weighted by Gasteiger charge is 2.29. The summed E-state index contributed by atoms with van der Waals surface area (Å²) in [6, 6.07) is 7.35. The van der Waals surface area contributed by atoms with Gasteiger partial charge in [0.25, 0.3) is 0 Å². The Bertz CT molecular complexity index is 399. The molecule has 4 nitrogen and oxygen atoms in total. The van der Waals surface area contributed by atoms with Crippen LogP contribution in [0.25, 0.3) is 0 Å². The number of hydrogen-bond donors (Lipinski definition) is 0. The summed E-state index contributed by atoms with van der Waals surface area (Å²) in [5.41, 5.74) is -0.670. The van der Waals surface area contributed by atoms with Gasteiger partial charge in [-0.25, -0.2) is 0 Å². The Labute approximate surface area is 108 Å². The van der Waals surface area contributed by atoms with Crippen LogP contribution in [0.4, 0.5) is 0 Å². The van der Waals surface area contributed by atoms with Gasteiger partial charge in [-0.2, -0.15) is 0 Å². The molecule has 0 atom stereocenters. The standard InChI is InChI=1S/C14H20O4/c1-5-17-11-7-6-8-12(9-11)18-10-14(2,3)13(15)16-4/h6-9H,5,10H2,1-4H3. The average Bonchev–Trinajstić information content (AvgIpc) is 2.36. The molecule has 4 heteroatoms. The molecular formula is C14H20O4. The van der Waals surface area contributed by atoms with Crippen LogP contribution >= 0.6 is 0 Å². The van der Waals surface area contributed by atoms with Crippen LogP contribution in [0.1, 0.15) is 20.8 Å². The Morgan fingerprint density at radius 1 is 1.22 bits per heavy atom. The highest BCUT2D eigenvalue weighted by molar-refractivity contribution is 5.75. The van der Waals surface area contributed by atoms with Gasteiger partial charge in [0.1, 0.15) is 18.1 Å². The zero-order valence-corrected chi connectivity index (χ0v) is 11.4. The van der Waals surface area contributed by atoms with E-state index >= 15 is 0 Å². The van der Waals surface area contributed by atoms with Gasteiger partial charge in [0.05, 0.1) is 19.1 Å². The van der Waals surface area contributed by atoms with Gasteiger partial charge in [-0.1, -0.05) is 6.07 Å². The first-order valence-electron chi connectivity index (χ1n) is 5.93. The predicted molar refractivity (Wildman–Crippen MR) is 68.9 cm³/mol. The molecule has 0 heterocycles. The fraction of sp³-hybridized carbons (Fsp3) is 0.500. The third kappa shape index (κ3) is 3.95. The largest absolute Gasteiger partial charge is 0.494 e. The maximum absolute atomic E-state index is 11.5. The summed E-state index contributed by atoms with van der Waals surface area (Å²) in [5, 5.41) is 0. The number of rotatable bonds is 6. The van der Waals surface area contributed by atoms with Crippen LogP contribution in [-0.2, 0) is 9.53 Å². The molecule has 1 aromatic rings. The third-order valence-electron chi connectivity index (χ3n) is 2.45. The van der Waals surface area contributed by atoms with Gasteiger partial charge in [0.15, 0.2) is 0 Å². The second kappa shape index (κ2) is 6.28. The molecule has 0 fully saturated rings. The second-order valence-corrected chi connectivity index (χ2v) is 4.57. The lowest BCUT2D eigenvalue weighted by molar-refractivity contribution is -0.152. The Morgan fingerprint density at radius 2 is 1.83 bits per heavy atom. The molecule has 0 amide bonds. The molecule has 0 bridgehead atoms. The van der Waals surface area contributed by atoms with E-state index < -0.39 is 5.41 Å². The fourth-order valence-electron chi connectivity index (χ4n) is 1.42. The Balaban J connectivity index is 2.63. The molecule has 0 aliphatic carbocycles. The van der Waals surface area contributed by atoms with E-state index in [0.29, 0.717) is 12.4 Å². The third-order valence-corrected chi connectivity index (χ3v) is 2.45. The van der Waals surface area contributed by atoms with Crippen molar-refractivity contribution in [3.8, 4) is 11.5 Å². The lowest BCUT2D eigenvalue weighted by atomic mass is 9.95. The number of carbonyl (C=O) groups is 1. The number of ether oxygens (including phenoxy) is 3. The zero-order chi connectivity index (χ0) is 13.6. The molecule has 0 N–H and O–H groups in total. The molecule has 100 valence electrons. The molecule has 0 saturated carbocycles. The van der Waals surface area contributed by atoms with Crippen molar-refractivity contribution >= 4 is 5.97 Å². The first-order chi connectivity index (χ1) is 8.49. The van der Waals surface area contributed by atoms with Gasteiger partial charge in [-0.3, -0.25) is 4.79 Å². The van der Waals surface area contributed by atoms with E-state index in [0.717, 1.165) is 5.75 Å². The molecule has 0 aliphatic heterocycles. The number of esters is 1. The van der Waals surface area contributed by atoms with Crippen LogP contribution in [-0.4, -0.2) is 26.3 Å². The van der Waals surface area contributed by atoms with Gasteiger partial charge < -0.3 is 14.2 Å². The lowest BCUT2D eigenvalue weighted by Gasteiger charge is -2.21. The molecule has 1 aromatic carbocycles. The smallest absolute Gasteiger partial charge is 0.314 e. The van der Waals surface area contributed by atoms with Crippen LogP contribution in [0.15, 0.2) is 24.3 Å². The Kier molecular flexibility index (Phi) is 5.01. The van der Waals surface area contributed by atoms with E-state index in [1.807, 2.05) is 25.1 Å². The van der Waals surface area contributed by atoms with Crippen molar-refractivity contribution in [2.24, 2.45) is 5.41 Å². The van der Waals surface area contributed by atoms with Gasteiger partial charge in [0, 0.05) is 6.07 Å². The van der Waals surface area contributed by atoms with Crippen LogP contribution < -0.4 is 9.47 Å². The number of hydrogen-bond acceptors (Lipinski definition) is 4. The van der Waals surface area contributed by atoms with Crippen molar-refractivity contribution in [3.05, 3.63) is 24.3 Å². The van der Waals surface area contributed by atoms with Crippen LogP contribution in [0.2, 0.25) is 0 Å². The van der Waals surface area contributed by atoms with Gasteiger partial charge >= 0.3 is 5.97 Å². The Hall–Kier alpha value is -1.71. The van der Waals surface area contributed by atoms with Crippen LogP contribution in [0, 0.1) is 5.41 Å². The van der Waals surface area contributed by atoms with Gasteiger partial charge in [-0.05, 0) is 32.9 Å². The Morgan fingerprint density at radius 3 is 2.39 bits per heavy atom. The van der Waals surface area contributed by atoms with E-state index in [9.17, 15) is 4.79 Å². The predicted octanol–water partition coefficient (Wildman–Crippen LogP) is 2.66. The zero-order valence-electron chi connectivity index (χ0n) is 11.4. The summed E-state index contributed by atoms with van der Waals surface area (Å²) in [5.74, 6) is 1.15. The van der Waals surface area contributed by atoms with Crippen molar-refractivity contribution in [2.45, 2.75) is 20.8 Å². The minimum absolute atomic E-state index is 0.259. The number of methoxy groups -OCH3 is 1. The normalized spacial score (nSPS) is 10.9. The van der Waals surface area contributed by atoms with Gasteiger partial charge in [0.2, 0.25) is 0 Å². The maximum atomic E-state index is 11.5. The van der Waals surface area contributed by atoms with Crippen molar-refractivity contribution in [1.29, 1.82) is 0 Å². The summed E-state index contributed by atoms with van der Waals surface area (Å²) in [4.78, 5) is 11.5. The topological polar surface area (TPSA) is 44.8 Å². The van der Waals surface area contributed by atoms with E-state index in [-0.39, 0.29) is 12.6 Å². The summed E-state index contributed by atoms with van der Waals surface area (Å²) < 4.78 is 15.7. The number of benzene rings is 1. The van der Waals surface area contributed by atoms with E-state index in [4.69, 9.17) is 14.2 Å². The fourth-order valence-corrected chi connectivity index (χ4v) is 1.42. The van der Waals surface area contributed by atoms with E-state index in [1.54, 1.807) is 19.9 Å². The molecule has 1 rings (SSSR count). The second-order valence-electron chi connectivity index (χ2n) is 4.57. The quantitative estimate of drug-likeness (QED) is 0.730. The molecule has 0 aliphatic rings. The van der Waals surface area contributed by atoms with E-state index in [1.165, 1.54) is 7.11 Å². The van der Waals surface area contributed by atoms with Crippen LogP contribution in [0.5, 0.6) is 11.5 Å². The minimum atomic E-state index is -0.670. The molecule has 0 radical (unpaired) electrons. The summed E-state index contributed by atoms with van der Waals surface area (Å²) >= 11 is 0. The number of carbonyl (C=O) groups excluding carboxylic acids is 1. The molecule has 0 aromatic heterocycles. The van der Waals surface area contributed by atoms with Crippen molar-refractivity contribution in [3.63, 3.8) is 0 Å². The minimum Gasteiger partial charge on any atom is -0.494 e. The lowest BCUT2D eigenvalue weighted by Crippen LogP contribution is -2.32. The monoisotopic (exact) mass is 252 g/mol. The maximum Gasteiger partial charge on any atom is 0.314 e. The molecule has 0 unspecified atom stereocenters. The van der Waals surface area contributed by atoms with Crippen molar-refractivity contribution < 1.29 is 19.0 Å². The van der Waals surface area contributed by atoms with E-state index in [2.05, 4.69) is 0 Å². The first kappa shape index (κ1) is 14.4. The van der Waals surface area contributed by atoms with Gasteiger partial charge in [-0.15, -0.1) is 0 Å². The average molecular weight is 252 g/mol. The molecule has 18 heavy (non-hydrogen) atoms.